The Kier molecular flexibility index (Phi) is 4.47. The van der Waals surface area contributed by atoms with Crippen LogP contribution in [-0.4, -0.2) is 28.0 Å². The van der Waals surface area contributed by atoms with E-state index in [1.54, 1.807) is 6.92 Å². The first kappa shape index (κ1) is 17.7. The molecule has 0 bridgehead atoms. The largest absolute Gasteiger partial charge is 0.310 e. The zero-order chi connectivity index (χ0) is 17.6. The van der Waals surface area contributed by atoms with E-state index >= 15 is 0 Å². The molecule has 0 saturated heterocycles. The summed E-state index contributed by atoms with van der Waals surface area (Å²) < 4.78 is 52.4. The Morgan fingerprint density at radius 3 is 2.39 bits per heavy atom. The van der Waals surface area contributed by atoms with E-state index in [1.807, 2.05) is 20.8 Å². The molecule has 1 aromatic heterocycles. The first-order chi connectivity index (χ1) is 10.4. The van der Waals surface area contributed by atoms with Gasteiger partial charge in [-0.15, -0.1) is 0 Å². The van der Waals surface area contributed by atoms with Gasteiger partial charge in [0.2, 0.25) is 18.3 Å². The van der Waals surface area contributed by atoms with E-state index < -0.39 is 30.2 Å². The van der Waals surface area contributed by atoms with Gasteiger partial charge in [-0.05, 0) is 27.7 Å². The van der Waals surface area contributed by atoms with Gasteiger partial charge >= 0.3 is 0 Å². The van der Waals surface area contributed by atoms with Crippen LogP contribution >= 0.6 is 0 Å². The maximum Gasteiger partial charge on any atom is 0.249 e. The van der Waals surface area contributed by atoms with Crippen molar-refractivity contribution in [1.82, 2.24) is 9.78 Å². The highest BCUT2D eigenvalue weighted by Crippen LogP contribution is 2.49. The maximum absolute atomic E-state index is 13.1. The molecular weight excluding hydrogens is 314 g/mol. The van der Waals surface area contributed by atoms with E-state index in [0.29, 0.717) is 17.1 Å². The number of aromatic nitrogens is 2. The maximum atomic E-state index is 13.1. The minimum Gasteiger partial charge on any atom is -0.310 e. The Bertz CT molecular complexity index is 597. The second-order valence-corrected chi connectivity index (χ2v) is 7.05. The third-order valence-electron chi connectivity index (χ3n) is 3.87. The van der Waals surface area contributed by atoms with Crippen molar-refractivity contribution in [1.29, 1.82) is 0 Å². The summed E-state index contributed by atoms with van der Waals surface area (Å²) in [6, 6.07) is 0. The SMILES string of the molecule is Cc1c(C2CC(F)(F)C2)nn(C(C)(C)C)c1NC(=O)CC(F)F. The predicted molar refractivity (Wildman–Crippen MR) is 78.1 cm³/mol. The summed E-state index contributed by atoms with van der Waals surface area (Å²) in [5.74, 6) is -3.58. The molecular formula is C15H21F4N3O. The summed E-state index contributed by atoms with van der Waals surface area (Å²) in [5.41, 5.74) is 0.532. The van der Waals surface area contributed by atoms with Gasteiger partial charge in [0, 0.05) is 24.3 Å². The Hall–Kier alpha value is -1.60. The standard InChI is InChI=1S/C15H21F4N3O/c1-8-12(9-6-15(18,19)7-9)21-22(14(2,3)4)13(8)20-11(23)5-10(16)17/h9-10H,5-7H2,1-4H3,(H,20,23). The van der Waals surface area contributed by atoms with E-state index in [2.05, 4.69) is 10.4 Å². The normalized spacial score (nSPS) is 18.1. The molecule has 0 radical (unpaired) electrons. The molecule has 0 atom stereocenters. The molecule has 1 aliphatic carbocycles. The smallest absolute Gasteiger partial charge is 0.249 e. The quantitative estimate of drug-likeness (QED) is 0.844. The monoisotopic (exact) mass is 335 g/mol. The van der Waals surface area contributed by atoms with Crippen LogP contribution in [0.4, 0.5) is 23.4 Å². The first-order valence-electron chi connectivity index (χ1n) is 7.46. The van der Waals surface area contributed by atoms with Crippen molar-refractivity contribution in [3.63, 3.8) is 0 Å². The second kappa shape index (κ2) is 5.79. The lowest BCUT2D eigenvalue weighted by Gasteiger charge is -2.34. The molecule has 0 aliphatic heterocycles. The molecule has 0 aromatic carbocycles. The molecule has 130 valence electrons. The van der Waals surface area contributed by atoms with Crippen molar-refractivity contribution >= 4 is 11.7 Å². The van der Waals surface area contributed by atoms with Crippen LogP contribution in [-0.2, 0) is 10.3 Å². The topological polar surface area (TPSA) is 46.9 Å². The fourth-order valence-corrected chi connectivity index (χ4v) is 2.71. The van der Waals surface area contributed by atoms with Crippen LogP contribution in [0.5, 0.6) is 0 Å². The van der Waals surface area contributed by atoms with Crippen molar-refractivity contribution < 1.29 is 22.4 Å². The summed E-state index contributed by atoms with van der Waals surface area (Å²) in [4.78, 5) is 11.7. The van der Waals surface area contributed by atoms with Crippen molar-refractivity contribution in [3.05, 3.63) is 11.3 Å². The Morgan fingerprint density at radius 1 is 1.39 bits per heavy atom. The number of anilines is 1. The van der Waals surface area contributed by atoms with Gasteiger partial charge in [0.1, 0.15) is 5.82 Å². The molecule has 1 heterocycles. The molecule has 2 rings (SSSR count). The predicted octanol–water partition coefficient (Wildman–Crippen LogP) is 4.05. The third kappa shape index (κ3) is 3.84. The molecule has 23 heavy (non-hydrogen) atoms. The molecule has 1 saturated carbocycles. The van der Waals surface area contributed by atoms with Gasteiger partial charge in [0.25, 0.3) is 0 Å². The number of carbonyl (C=O) groups excluding carboxylic acids is 1. The number of rotatable bonds is 4. The van der Waals surface area contributed by atoms with Crippen LogP contribution in [0, 0.1) is 6.92 Å². The molecule has 1 fully saturated rings. The summed E-state index contributed by atoms with van der Waals surface area (Å²) in [7, 11) is 0. The fraction of sp³-hybridized carbons (Fsp3) is 0.733. The van der Waals surface area contributed by atoms with Crippen molar-refractivity contribution in [3.8, 4) is 0 Å². The number of amides is 1. The minimum atomic E-state index is -2.74. The van der Waals surface area contributed by atoms with Gasteiger partial charge in [0.15, 0.2) is 0 Å². The number of nitrogens with zero attached hydrogens (tertiary/aromatic N) is 2. The van der Waals surface area contributed by atoms with Crippen LogP contribution in [0.15, 0.2) is 0 Å². The van der Waals surface area contributed by atoms with Crippen LogP contribution in [0.3, 0.4) is 0 Å². The number of hydrogen-bond acceptors (Lipinski definition) is 2. The van der Waals surface area contributed by atoms with Gasteiger partial charge in [0.05, 0.1) is 17.7 Å². The average Bonchev–Trinajstić information content (AvgIpc) is 2.62. The van der Waals surface area contributed by atoms with Crippen LogP contribution in [0.25, 0.3) is 0 Å². The summed E-state index contributed by atoms with van der Waals surface area (Å²) in [6.07, 6.45) is -4.21. The van der Waals surface area contributed by atoms with E-state index in [9.17, 15) is 22.4 Å². The highest BCUT2D eigenvalue weighted by molar-refractivity contribution is 5.91. The molecule has 1 amide bonds. The Morgan fingerprint density at radius 2 is 1.96 bits per heavy atom. The van der Waals surface area contributed by atoms with Gasteiger partial charge in [-0.25, -0.2) is 22.2 Å². The Labute approximate surface area is 132 Å². The van der Waals surface area contributed by atoms with Crippen molar-refractivity contribution in [2.75, 3.05) is 5.32 Å². The number of nitrogens with one attached hydrogen (secondary N) is 1. The van der Waals surface area contributed by atoms with Crippen LogP contribution < -0.4 is 5.32 Å². The molecule has 1 N–H and O–H groups in total. The van der Waals surface area contributed by atoms with Gasteiger partial charge in [-0.3, -0.25) is 4.79 Å². The molecule has 1 aromatic rings. The molecule has 1 aliphatic rings. The number of carbonyl (C=O) groups is 1. The number of alkyl halides is 4. The zero-order valence-electron chi connectivity index (χ0n) is 13.6. The van der Waals surface area contributed by atoms with Crippen LogP contribution in [0.1, 0.15) is 57.2 Å². The van der Waals surface area contributed by atoms with E-state index in [0.717, 1.165) is 0 Å². The van der Waals surface area contributed by atoms with Crippen LogP contribution in [0.2, 0.25) is 0 Å². The van der Waals surface area contributed by atoms with Gasteiger partial charge in [-0.2, -0.15) is 5.10 Å². The average molecular weight is 335 g/mol. The zero-order valence-corrected chi connectivity index (χ0v) is 13.6. The lowest BCUT2D eigenvalue weighted by molar-refractivity contribution is -0.118. The van der Waals surface area contributed by atoms with Crippen molar-refractivity contribution in [2.24, 2.45) is 0 Å². The summed E-state index contributed by atoms with van der Waals surface area (Å²) in [6.45, 7) is 7.17. The lowest BCUT2D eigenvalue weighted by Crippen LogP contribution is -2.34. The third-order valence-corrected chi connectivity index (χ3v) is 3.87. The fourth-order valence-electron chi connectivity index (χ4n) is 2.71. The summed E-state index contributed by atoms with van der Waals surface area (Å²) in [5, 5.41) is 6.84. The molecule has 8 heteroatoms. The number of hydrogen-bond donors (Lipinski definition) is 1. The van der Waals surface area contributed by atoms with Gasteiger partial charge < -0.3 is 5.32 Å². The van der Waals surface area contributed by atoms with Crippen molar-refractivity contribution in [2.45, 2.75) is 70.8 Å². The number of halogens is 4. The van der Waals surface area contributed by atoms with Gasteiger partial charge in [-0.1, -0.05) is 0 Å². The second-order valence-electron chi connectivity index (χ2n) is 7.05. The summed E-state index contributed by atoms with van der Waals surface area (Å²) >= 11 is 0. The highest BCUT2D eigenvalue weighted by atomic mass is 19.3. The highest BCUT2D eigenvalue weighted by Gasteiger charge is 2.48. The minimum absolute atomic E-state index is 0.278. The van der Waals surface area contributed by atoms with E-state index in [-0.39, 0.29) is 18.8 Å². The van der Waals surface area contributed by atoms with E-state index in [1.165, 1.54) is 4.68 Å². The molecule has 4 nitrogen and oxygen atoms in total. The first-order valence-corrected chi connectivity index (χ1v) is 7.46. The lowest BCUT2D eigenvalue weighted by atomic mass is 9.78. The van der Waals surface area contributed by atoms with E-state index in [4.69, 9.17) is 0 Å². The molecule has 0 spiro atoms. The molecule has 0 unspecified atom stereocenters. The Balaban J connectivity index is 2.32.